The zero-order valence-electron chi connectivity index (χ0n) is 29.3. The number of amides is 2. The van der Waals surface area contributed by atoms with Crippen LogP contribution in [0.4, 0.5) is 10.5 Å². The van der Waals surface area contributed by atoms with Crippen molar-refractivity contribution in [2.24, 2.45) is 22.6 Å². The lowest BCUT2D eigenvalue weighted by atomic mass is 9.88. The van der Waals surface area contributed by atoms with Crippen LogP contribution in [0.3, 0.4) is 0 Å². The highest BCUT2D eigenvalue weighted by atomic mass is 16.6. The van der Waals surface area contributed by atoms with Gasteiger partial charge in [0, 0.05) is 63.3 Å². The van der Waals surface area contributed by atoms with Gasteiger partial charge in [-0.1, -0.05) is 38.2 Å². The summed E-state index contributed by atoms with van der Waals surface area (Å²) >= 11 is 0. The maximum atomic E-state index is 13.0. The smallest absolute Gasteiger partial charge is 0.405 e. The number of allylic oxidation sites excluding steroid dienone is 2. The molecule has 2 amide bonds. The van der Waals surface area contributed by atoms with Crippen LogP contribution in [-0.4, -0.2) is 99.7 Å². The van der Waals surface area contributed by atoms with Gasteiger partial charge >= 0.3 is 6.09 Å². The normalized spacial score (nSPS) is 25.5. The van der Waals surface area contributed by atoms with Crippen LogP contribution in [0.1, 0.15) is 51.7 Å². The number of benzene rings is 1. The number of carbonyl (C=O) groups excluding carboxylic acids is 2. The highest BCUT2D eigenvalue weighted by Crippen LogP contribution is 2.41. The van der Waals surface area contributed by atoms with Gasteiger partial charge in [-0.05, 0) is 64.8 Å². The van der Waals surface area contributed by atoms with Crippen molar-refractivity contribution >= 4 is 23.9 Å². The monoisotopic (exact) mass is 658 g/mol. The molecule has 6 atom stereocenters. The van der Waals surface area contributed by atoms with Gasteiger partial charge < -0.3 is 45.1 Å². The SMILES string of the molecule is CO[C@H]1[C@@H](OC)C[C@H](C)CCc2c(O)c(cc(O)c2N=CCN(C)C)CNC(=O)C(C)=CC=C[C@H](OC)[C@@H](OC(N)=O)C(C)=C[C@@H]1C. The zero-order chi connectivity index (χ0) is 35.3. The van der Waals surface area contributed by atoms with Crippen molar-refractivity contribution in [3.05, 3.63) is 52.6 Å². The summed E-state index contributed by atoms with van der Waals surface area (Å²) in [5.41, 5.74) is 7.70. The summed E-state index contributed by atoms with van der Waals surface area (Å²) in [6, 6.07) is 1.43. The molecule has 1 aromatic carbocycles. The Morgan fingerprint density at radius 1 is 1.15 bits per heavy atom. The summed E-state index contributed by atoms with van der Waals surface area (Å²) in [6.07, 6.45) is 7.17. The summed E-state index contributed by atoms with van der Waals surface area (Å²) in [7, 11) is 8.59. The van der Waals surface area contributed by atoms with E-state index in [4.69, 9.17) is 24.7 Å². The van der Waals surface area contributed by atoms with Gasteiger partial charge in [0.2, 0.25) is 5.91 Å². The number of nitrogens with zero attached hydrogens (tertiary/aromatic N) is 2. The summed E-state index contributed by atoms with van der Waals surface area (Å²) in [5.74, 6) is -0.512. The molecule has 12 nitrogen and oxygen atoms in total. The van der Waals surface area contributed by atoms with Crippen molar-refractivity contribution in [1.29, 1.82) is 0 Å². The Hall–Kier alpha value is -3.71. The number of aliphatic imine (C=N–C) groups is 1. The maximum Gasteiger partial charge on any atom is 0.405 e. The number of hydrogen-bond acceptors (Lipinski definition) is 10. The van der Waals surface area contributed by atoms with Crippen LogP contribution in [0.2, 0.25) is 0 Å². The fourth-order valence-electron chi connectivity index (χ4n) is 5.70. The predicted octanol–water partition coefficient (Wildman–Crippen LogP) is 4.54. The van der Waals surface area contributed by atoms with Crippen LogP contribution in [0, 0.1) is 11.8 Å². The second-order valence-corrected chi connectivity index (χ2v) is 12.4. The lowest BCUT2D eigenvalue weighted by Gasteiger charge is -2.31. The van der Waals surface area contributed by atoms with E-state index >= 15 is 0 Å². The van der Waals surface area contributed by atoms with E-state index in [9.17, 15) is 19.8 Å². The second-order valence-electron chi connectivity index (χ2n) is 12.4. The van der Waals surface area contributed by atoms with Gasteiger partial charge in [0.25, 0.3) is 0 Å². The van der Waals surface area contributed by atoms with Crippen molar-refractivity contribution < 1.29 is 38.7 Å². The van der Waals surface area contributed by atoms with Crippen molar-refractivity contribution in [3.8, 4) is 11.5 Å². The molecule has 1 aliphatic heterocycles. The van der Waals surface area contributed by atoms with Gasteiger partial charge in [-0.25, -0.2) is 4.79 Å². The van der Waals surface area contributed by atoms with Gasteiger partial charge in [0.1, 0.15) is 23.3 Å². The van der Waals surface area contributed by atoms with Crippen LogP contribution in [0.25, 0.3) is 0 Å². The molecule has 1 aromatic rings. The number of fused-ring (bicyclic) bond motifs is 2. The number of ether oxygens (including phenoxy) is 4. The molecule has 0 saturated carbocycles. The molecule has 0 unspecified atom stereocenters. The number of carbonyl (C=O) groups is 2. The third kappa shape index (κ3) is 11.8. The van der Waals surface area contributed by atoms with Crippen molar-refractivity contribution in [2.45, 2.75) is 77.9 Å². The van der Waals surface area contributed by atoms with Crippen molar-refractivity contribution in [3.63, 3.8) is 0 Å². The van der Waals surface area contributed by atoms with Gasteiger partial charge in [-0.2, -0.15) is 0 Å². The topological polar surface area (TPSA) is 165 Å². The van der Waals surface area contributed by atoms with Crippen LogP contribution in [0.5, 0.6) is 11.5 Å². The molecule has 5 N–H and O–H groups in total. The number of phenols is 2. The minimum Gasteiger partial charge on any atom is -0.507 e. The Morgan fingerprint density at radius 3 is 2.45 bits per heavy atom. The molecule has 0 fully saturated rings. The molecule has 0 spiro atoms. The minimum absolute atomic E-state index is 0.0181. The van der Waals surface area contributed by atoms with E-state index in [1.165, 1.54) is 13.2 Å². The van der Waals surface area contributed by atoms with E-state index in [0.717, 1.165) is 0 Å². The third-order valence-electron chi connectivity index (χ3n) is 8.31. The molecular formula is C35H54N4O8. The zero-order valence-corrected chi connectivity index (χ0v) is 29.3. The fraction of sp³-hybridized carbons (Fsp3) is 0.571. The Kier molecular flexibility index (Phi) is 16.1. The highest BCUT2D eigenvalue weighted by molar-refractivity contribution is 5.93. The van der Waals surface area contributed by atoms with E-state index in [-0.39, 0.29) is 48.0 Å². The average Bonchev–Trinajstić information content (AvgIpc) is 3.01. The van der Waals surface area contributed by atoms with Crippen LogP contribution < -0.4 is 11.1 Å². The molecule has 0 aliphatic carbocycles. The first-order chi connectivity index (χ1) is 22.2. The number of phenolic OH excluding ortho intramolecular Hbond substituents is 2. The average molecular weight is 659 g/mol. The fourth-order valence-corrected chi connectivity index (χ4v) is 5.70. The summed E-state index contributed by atoms with van der Waals surface area (Å²) in [6.45, 7) is 8.10. The molecule has 0 aromatic heterocycles. The number of rotatable bonds is 7. The van der Waals surface area contributed by atoms with Gasteiger partial charge in [0.15, 0.2) is 6.10 Å². The van der Waals surface area contributed by atoms with Gasteiger partial charge in [-0.15, -0.1) is 0 Å². The molecule has 2 rings (SSSR count). The van der Waals surface area contributed by atoms with E-state index in [1.54, 1.807) is 45.6 Å². The lowest BCUT2D eigenvalue weighted by Crippen LogP contribution is -2.38. The van der Waals surface area contributed by atoms with Crippen molar-refractivity contribution in [2.75, 3.05) is 42.0 Å². The molecular weight excluding hydrogens is 604 g/mol. The molecule has 0 saturated heterocycles. The molecule has 1 aliphatic rings. The minimum atomic E-state index is -0.945. The Balaban J connectivity index is 2.63. The first kappa shape index (κ1) is 39.5. The third-order valence-corrected chi connectivity index (χ3v) is 8.31. The van der Waals surface area contributed by atoms with E-state index < -0.39 is 18.3 Å². The predicted molar refractivity (Wildman–Crippen MR) is 183 cm³/mol. The number of methoxy groups -OCH3 is 3. The number of aromatic hydroxyl groups is 2. The van der Waals surface area contributed by atoms with Crippen LogP contribution >= 0.6 is 0 Å². The Morgan fingerprint density at radius 2 is 1.85 bits per heavy atom. The van der Waals surface area contributed by atoms with Crippen LogP contribution in [-0.2, 0) is 36.7 Å². The number of nitrogens with one attached hydrogen (secondary N) is 1. The first-order valence-electron chi connectivity index (χ1n) is 15.8. The number of primary amides is 1. The molecule has 1 heterocycles. The molecule has 0 radical (unpaired) electrons. The molecule has 47 heavy (non-hydrogen) atoms. The molecule has 12 heteroatoms. The second kappa shape index (κ2) is 19.2. The standard InChI is InChI=1S/C35H54N4O8/c1-21-13-14-26-30(37-15-16-39(5)6)27(40)19-25(31(26)41)20-38-34(42)22(2)11-10-12-28(44-7)33(47-35(36)43)24(4)18-23(3)32(46-9)29(17-21)45-8/h10-12,15,18-19,21,23,28-29,32-33,40-41H,13-14,16-17,20H2,1-9H3,(H2,36,43)(H,38,42)/t21-,23+,28+,29+,32-,33+/m1/s1. The largest absolute Gasteiger partial charge is 0.507 e. The summed E-state index contributed by atoms with van der Waals surface area (Å²) in [5, 5.41) is 25.2. The molecule has 2 bridgehead atoms. The Labute approximate surface area is 279 Å². The quantitative estimate of drug-likeness (QED) is 0.187. The lowest BCUT2D eigenvalue weighted by molar-refractivity contribution is -0.117. The first-order valence-corrected chi connectivity index (χ1v) is 15.8. The van der Waals surface area contributed by atoms with Gasteiger partial charge in [0.05, 0.1) is 12.2 Å². The Bertz CT molecular complexity index is 1320. The van der Waals surface area contributed by atoms with Crippen LogP contribution in [0.15, 0.2) is 46.5 Å². The van der Waals surface area contributed by atoms with Crippen molar-refractivity contribution in [1.82, 2.24) is 10.2 Å². The number of hydrogen-bond donors (Lipinski definition) is 4. The van der Waals surface area contributed by atoms with E-state index in [1.807, 2.05) is 38.9 Å². The van der Waals surface area contributed by atoms with E-state index in [2.05, 4.69) is 17.2 Å². The van der Waals surface area contributed by atoms with Gasteiger partial charge in [-0.3, -0.25) is 9.79 Å². The summed E-state index contributed by atoms with van der Waals surface area (Å²) < 4.78 is 23.0. The molecule has 262 valence electrons. The van der Waals surface area contributed by atoms with E-state index in [0.29, 0.717) is 53.8 Å². The number of nitrogens with two attached hydrogens (primary N) is 1. The summed E-state index contributed by atoms with van der Waals surface area (Å²) in [4.78, 5) is 31.3. The highest BCUT2D eigenvalue weighted by Gasteiger charge is 2.30. The maximum absolute atomic E-state index is 13.0.